The fourth-order valence-electron chi connectivity index (χ4n) is 7.71. The van der Waals surface area contributed by atoms with Crippen LogP contribution in [0.25, 0.3) is 6.08 Å². The van der Waals surface area contributed by atoms with E-state index in [1.807, 2.05) is 58.2 Å². The van der Waals surface area contributed by atoms with Crippen molar-refractivity contribution in [3.63, 3.8) is 0 Å². The molecule has 43 heavy (non-hydrogen) atoms. The Morgan fingerprint density at radius 1 is 1.00 bits per heavy atom. The molecule has 9 heteroatoms. The van der Waals surface area contributed by atoms with Crippen molar-refractivity contribution in [1.82, 2.24) is 15.1 Å². The average molecular weight is 584 g/mol. The SMILES string of the molecule is Cc1cc2c(c(O)c1C)[C@@H]1C3Cc4c(O)c(C)c5c(c4[C@H](CNC(=O)/C=C/c4ccccc4)N3C(O)[C@H](C2)N1C)OCO5. The number of phenols is 2. The normalized spacial score (nSPS) is 25.7. The molecule has 5 atom stereocenters. The van der Waals surface area contributed by atoms with Gasteiger partial charge in [0.25, 0.3) is 0 Å². The number of benzene rings is 3. The first-order valence-electron chi connectivity index (χ1n) is 14.8. The van der Waals surface area contributed by atoms with Gasteiger partial charge in [-0.25, -0.2) is 0 Å². The van der Waals surface area contributed by atoms with E-state index >= 15 is 0 Å². The Hall–Kier alpha value is -4.05. The number of nitrogens with one attached hydrogen (secondary N) is 1. The molecule has 1 saturated heterocycles. The summed E-state index contributed by atoms with van der Waals surface area (Å²) in [5.41, 5.74) is 6.74. The lowest BCUT2D eigenvalue weighted by Gasteiger charge is -2.60. The second kappa shape index (κ2) is 10.3. The van der Waals surface area contributed by atoms with Gasteiger partial charge in [-0.15, -0.1) is 0 Å². The molecule has 4 N–H and O–H groups in total. The summed E-state index contributed by atoms with van der Waals surface area (Å²) in [6, 6.07) is 10.4. The van der Waals surface area contributed by atoms with Crippen molar-refractivity contribution in [2.75, 3.05) is 20.4 Å². The Kier molecular flexibility index (Phi) is 6.65. The monoisotopic (exact) mass is 583 g/mol. The van der Waals surface area contributed by atoms with Gasteiger partial charge >= 0.3 is 0 Å². The zero-order valence-corrected chi connectivity index (χ0v) is 24.8. The van der Waals surface area contributed by atoms with Crippen LogP contribution in [0.3, 0.4) is 0 Å². The van der Waals surface area contributed by atoms with Gasteiger partial charge < -0.3 is 30.1 Å². The number of fused-ring (bicyclic) bond motifs is 9. The maximum absolute atomic E-state index is 13.1. The van der Waals surface area contributed by atoms with Crippen molar-refractivity contribution in [2.24, 2.45) is 0 Å². The van der Waals surface area contributed by atoms with Crippen LogP contribution >= 0.6 is 0 Å². The molecule has 0 spiro atoms. The third-order valence-corrected chi connectivity index (χ3v) is 9.99. The van der Waals surface area contributed by atoms with Crippen LogP contribution in [0.4, 0.5) is 0 Å². The molecule has 0 aliphatic carbocycles. The van der Waals surface area contributed by atoms with Crippen molar-refractivity contribution >= 4 is 12.0 Å². The molecule has 4 aliphatic heterocycles. The molecular weight excluding hydrogens is 546 g/mol. The second-order valence-corrected chi connectivity index (χ2v) is 12.2. The maximum atomic E-state index is 13.1. The quantitative estimate of drug-likeness (QED) is 0.343. The number of amides is 1. The number of piperazine rings is 1. The fourth-order valence-corrected chi connectivity index (χ4v) is 7.71. The van der Waals surface area contributed by atoms with E-state index in [-0.39, 0.29) is 48.9 Å². The van der Waals surface area contributed by atoms with Gasteiger partial charge in [-0.3, -0.25) is 14.6 Å². The van der Waals surface area contributed by atoms with Crippen LogP contribution in [0.15, 0.2) is 42.5 Å². The average Bonchev–Trinajstić information content (AvgIpc) is 3.49. The molecular formula is C34H37N3O6. The van der Waals surface area contributed by atoms with Gasteiger partial charge in [0, 0.05) is 40.9 Å². The van der Waals surface area contributed by atoms with Gasteiger partial charge in [0.1, 0.15) is 17.7 Å². The highest BCUT2D eigenvalue weighted by atomic mass is 16.7. The van der Waals surface area contributed by atoms with Crippen LogP contribution in [-0.4, -0.2) is 69.7 Å². The van der Waals surface area contributed by atoms with E-state index in [4.69, 9.17) is 9.47 Å². The number of aromatic hydroxyl groups is 2. The molecule has 224 valence electrons. The zero-order chi connectivity index (χ0) is 30.2. The highest BCUT2D eigenvalue weighted by molar-refractivity contribution is 5.91. The molecule has 1 fully saturated rings. The number of likely N-dealkylation sites (N-methyl/N-ethyl adjacent to an activating group) is 1. The van der Waals surface area contributed by atoms with Gasteiger partial charge in [-0.2, -0.15) is 0 Å². The van der Waals surface area contributed by atoms with Crippen molar-refractivity contribution in [3.8, 4) is 23.0 Å². The summed E-state index contributed by atoms with van der Waals surface area (Å²) in [5, 5.41) is 38.1. The smallest absolute Gasteiger partial charge is 0.244 e. The number of carbonyl (C=O) groups excluding carboxylic acids is 1. The first-order valence-corrected chi connectivity index (χ1v) is 14.8. The minimum atomic E-state index is -0.875. The molecule has 2 unspecified atom stereocenters. The standard InChI is InChI=1S/C34H37N3O6/c1-17-12-21-13-24-34(41)37-23(29(36(24)4)27(21)31(40)18(17)2)14-22-28(33-32(42-16-43-33)19(3)30(22)39)25(37)15-35-26(38)11-10-20-8-6-5-7-9-20/h5-12,23-25,29,34,39-41H,13-16H2,1-4H3,(H,35,38)/b11-10+/t23?,24-,25-,29-,34?/m0/s1. The van der Waals surface area contributed by atoms with E-state index < -0.39 is 12.3 Å². The summed E-state index contributed by atoms with van der Waals surface area (Å²) < 4.78 is 11.8. The van der Waals surface area contributed by atoms with E-state index in [0.29, 0.717) is 29.9 Å². The lowest BCUT2D eigenvalue weighted by Crippen LogP contribution is -2.69. The number of aryl methyl sites for hydroxylation is 1. The summed E-state index contributed by atoms with van der Waals surface area (Å²) in [4.78, 5) is 17.3. The Morgan fingerprint density at radius 2 is 1.74 bits per heavy atom. The minimum absolute atomic E-state index is 0.0325. The Bertz CT molecular complexity index is 1650. The van der Waals surface area contributed by atoms with Crippen molar-refractivity contribution in [2.45, 2.75) is 64.0 Å². The van der Waals surface area contributed by atoms with E-state index in [2.05, 4.69) is 21.2 Å². The Balaban J connectivity index is 1.33. The summed E-state index contributed by atoms with van der Waals surface area (Å²) in [7, 11) is 2.00. The van der Waals surface area contributed by atoms with E-state index in [0.717, 1.165) is 38.9 Å². The number of phenolic OH excluding ortho intramolecular Hbond substituents is 2. The molecule has 0 saturated carbocycles. The zero-order valence-electron chi connectivity index (χ0n) is 24.8. The van der Waals surface area contributed by atoms with Crippen LogP contribution in [0.5, 0.6) is 23.0 Å². The Morgan fingerprint density at radius 3 is 2.51 bits per heavy atom. The second-order valence-electron chi connectivity index (χ2n) is 12.2. The van der Waals surface area contributed by atoms with Gasteiger partial charge in [-0.1, -0.05) is 36.4 Å². The molecule has 0 radical (unpaired) electrons. The summed E-state index contributed by atoms with van der Waals surface area (Å²) in [6.45, 7) is 5.94. The van der Waals surface area contributed by atoms with Crippen LogP contribution in [-0.2, 0) is 17.6 Å². The van der Waals surface area contributed by atoms with Gasteiger partial charge in [0.15, 0.2) is 11.5 Å². The van der Waals surface area contributed by atoms with Gasteiger partial charge in [0.2, 0.25) is 12.7 Å². The number of rotatable bonds is 4. The number of aliphatic hydroxyl groups is 1. The lowest BCUT2D eigenvalue weighted by atomic mass is 9.73. The molecule has 1 amide bonds. The molecule has 4 aliphatic rings. The van der Waals surface area contributed by atoms with Crippen LogP contribution in [0, 0.1) is 20.8 Å². The molecule has 3 aromatic carbocycles. The van der Waals surface area contributed by atoms with Gasteiger partial charge in [-0.05, 0) is 69.0 Å². The highest BCUT2D eigenvalue weighted by Crippen LogP contribution is 2.57. The predicted molar refractivity (Wildman–Crippen MR) is 161 cm³/mol. The number of nitrogens with zero attached hydrogens (tertiary/aromatic N) is 2. The van der Waals surface area contributed by atoms with Crippen LogP contribution in [0.2, 0.25) is 0 Å². The van der Waals surface area contributed by atoms with E-state index in [9.17, 15) is 20.1 Å². The summed E-state index contributed by atoms with van der Waals surface area (Å²) in [6.07, 6.45) is 3.38. The highest BCUT2D eigenvalue weighted by Gasteiger charge is 2.56. The topological polar surface area (TPSA) is 115 Å². The molecule has 3 aromatic rings. The van der Waals surface area contributed by atoms with Gasteiger partial charge in [0.05, 0.1) is 18.1 Å². The van der Waals surface area contributed by atoms with Crippen molar-refractivity contribution in [1.29, 1.82) is 0 Å². The largest absolute Gasteiger partial charge is 0.507 e. The van der Waals surface area contributed by atoms with Crippen molar-refractivity contribution in [3.05, 3.63) is 87.0 Å². The van der Waals surface area contributed by atoms with E-state index in [1.54, 1.807) is 6.08 Å². The minimum Gasteiger partial charge on any atom is -0.507 e. The number of carbonyl (C=O) groups is 1. The van der Waals surface area contributed by atoms with Crippen LogP contribution < -0.4 is 14.8 Å². The number of hydrogen-bond donors (Lipinski definition) is 4. The third kappa shape index (κ3) is 4.21. The fraction of sp³-hybridized carbons (Fsp3) is 0.382. The number of ether oxygens (including phenoxy) is 2. The maximum Gasteiger partial charge on any atom is 0.244 e. The first-order chi connectivity index (χ1) is 20.7. The number of hydrogen-bond acceptors (Lipinski definition) is 8. The number of aliphatic hydroxyl groups excluding tert-OH is 1. The first kappa shape index (κ1) is 27.8. The predicted octanol–water partition coefficient (Wildman–Crippen LogP) is 3.78. The summed E-state index contributed by atoms with van der Waals surface area (Å²) in [5.74, 6) is 1.20. The molecule has 0 aromatic heterocycles. The Labute approximate surface area is 251 Å². The third-order valence-electron chi connectivity index (χ3n) is 9.99. The molecule has 2 bridgehead atoms. The lowest BCUT2D eigenvalue weighted by molar-refractivity contribution is -0.172. The van der Waals surface area contributed by atoms with Crippen LogP contribution in [0.1, 0.15) is 56.6 Å². The van der Waals surface area contributed by atoms with E-state index in [1.165, 1.54) is 6.08 Å². The molecule has 7 rings (SSSR count). The molecule has 9 nitrogen and oxygen atoms in total. The van der Waals surface area contributed by atoms with Crippen molar-refractivity contribution < 1.29 is 29.6 Å². The molecule has 4 heterocycles. The summed E-state index contributed by atoms with van der Waals surface area (Å²) >= 11 is 0.